The molecule has 1 aliphatic rings. The lowest BCUT2D eigenvalue weighted by Crippen LogP contribution is -2.25. The van der Waals surface area contributed by atoms with Crippen LogP contribution in [0.3, 0.4) is 0 Å². The summed E-state index contributed by atoms with van der Waals surface area (Å²) in [5.74, 6) is 0.844. The lowest BCUT2D eigenvalue weighted by molar-refractivity contribution is 0.361. The van der Waals surface area contributed by atoms with Crippen LogP contribution in [0.5, 0.6) is 0 Å². The average molecular weight is 345 g/mol. The monoisotopic (exact) mass is 344 g/mol. The van der Waals surface area contributed by atoms with Crippen molar-refractivity contribution in [3.05, 3.63) is 22.7 Å². The van der Waals surface area contributed by atoms with Crippen molar-refractivity contribution in [2.45, 2.75) is 43.5 Å². The molecule has 0 radical (unpaired) electrons. The van der Waals surface area contributed by atoms with Crippen molar-refractivity contribution in [1.82, 2.24) is 0 Å². The Hall–Kier alpha value is -0.550. The van der Waals surface area contributed by atoms with Crippen LogP contribution in [0.25, 0.3) is 0 Å². The molecule has 5 heteroatoms. The molecule has 1 aromatic carbocycles. The summed E-state index contributed by atoms with van der Waals surface area (Å²) in [6.07, 6.45) is 6.42. The summed E-state index contributed by atoms with van der Waals surface area (Å²) in [5.41, 5.74) is 1.03. The van der Waals surface area contributed by atoms with Crippen LogP contribution < -0.4 is 5.32 Å². The second-order valence-electron chi connectivity index (χ2n) is 5.59. The van der Waals surface area contributed by atoms with E-state index in [9.17, 15) is 4.21 Å². The Morgan fingerprint density at radius 2 is 1.95 bits per heavy atom. The minimum atomic E-state index is -2.64. The predicted octanol–water partition coefficient (Wildman–Crippen LogP) is 4.48. The Bertz CT molecular complexity index is 549. The zero-order valence-corrected chi connectivity index (χ0v) is 13.8. The fourth-order valence-corrected chi connectivity index (χ4v) is 3.79. The van der Waals surface area contributed by atoms with Crippen LogP contribution in [-0.4, -0.2) is 16.5 Å². The largest absolute Gasteiger partial charge is 0.381 e. The number of anilines is 1. The number of halogens is 1. The van der Waals surface area contributed by atoms with Crippen molar-refractivity contribution in [2.75, 3.05) is 11.6 Å². The zero-order chi connectivity index (χ0) is 14.0. The first-order chi connectivity index (χ1) is 8.86. The van der Waals surface area contributed by atoms with E-state index in [1.54, 1.807) is 12.1 Å². The normalized spacial score (nSPS) is 26.7. The van der Waals surface area contributed by atoms with Crippen molar-refractivity contribution < 1.29 is 4.21 Å². The van der Waals surface area contributed by atoms with Crippen LogP contribution in [0, 0.1) is 10.7 Å². The quantitative estimate of drug-likeness (QED) is 0.849. The summed E-state index contributed by atoms with van der Waals surface area (Å²) >= 11 is 3.51. The molecule has 1 fully saturated rings. The van der Waals surface area contributed by atoms with Crippen molar-refractivity contribution >= 4 is 31.3 Å². The molecular formula is C14H21BrN2OS. The van der Waals surface area contributed by atoms with E-state index < -0.39 is 9.73 Å². The summed E-state index contributed by atoms with van der Waals surface area (Å²) in [6, 6.07) is 6.03. The number of nitrogens with one attached hydrogen (secondary N) is 2. The molecule has 0 aromatic heterocycles. The van der Waals surface area contributed by atoms with Gasteiger partial charge in [0.15, 0.2) is 0 Å². The van der Waals surface area contributed by atoms with Gasteiger partial charge in [0.25, 0.3) is 0 Å². The first-order valence-electron chi connectivity index (χ1n) is 6.66. The van der Waals surface area contributed by atoms with E-state index >= 15 is 0 Å². The minimum absolute atomic E-state index is 0.528. The molecule has 1 aliphatic carbocycles. The van der Waals surface area contributed by atoms with Crippen LogP contribution >= 0.6 is 15.9 Å². The van der Waals surface area contributed by atoms with E-state index in [1.165, 1.54) is 31.9 Å². The van der Waals surface area contributed by atoms with E-state index in [1.807, 2.05) is 6.07 Å². The van der Waals surface area contributed by atoms with Crippen LogP contribution in [0.2, 0.25) is 0 Å². The van der Waals surface area contributed by atoms with E-state index in [0.717, 1.165) is 16.1 Å². The van der Waals surface area contributed by atoms with E-state index in [-0.39, 0.29) is 0 Å². The first-order valence-corrected chi connectivity index (χ1v) is 9.42. The Morgan fingerprint density at radius 1 is 1.32 bits per heavy atom. The molecule has 2 N–H and O–H groups in total. The molecule has 1 atom stereocenters. The first kappa shape index (κ1) is 14.9. The molecular weight excluding hydrogens is 324 g/mol. The van der Waals surface area contributed by atoms with Gasteiger partial charge in [-0.15, -0.1) is 0 Å². The lowest BCUT2D eigenvalue weighted by atomic mass is 9.87. The van der Waals surface area contributed by atoms with Crippen LogP contribution in [0.4, 0.5) is 5.69 Å². The Morgan fingerprint density at radius 3 is 2.47 bits per heavy atom. The second-order valence-corrected chi connectivity index (χ2v) is 8.60. The minimum Gasteiger partial charge on any atom is -0.381 e. The molecule has 0 bridgehead atoms. The average Bonchev–Trinajstić information content (AvgIpc) is 2.33. The van der Waals surface area contributed by atoms with E-state index in [4.69, 9.17) is 4.78 Å². The molecule has 0 spiro atoms. The maximum atomic E-state index is 11.7. The van der Waals surface area contributed by atoms with E-state index in [2.05, 4.69) is 28.2 Å². The maximum absolute atomic E-state index is 11.7. The summed E-state index contributed by atoms with van der Waals surface area (Å²) in [5, 5.41) is 3.55. The standard InChI is InChI=1S/C14H21BrN2OS/c1-10-3-5-11(6-4-10)17-14-8-7-12(9-13(14)15)19(2,16)18/h7-11,16-17H,3-6H2,1-2H3/t10-,11-,19?. The van der Waals surface area contributed by atoms with Gasteiger partial charge in [-0.1, -0.05) is 6.92 Å². The third kappa shape index (κ3) is 3.96. The SMILES string of the molecule is CS(=N)(=O)c1ccc(N[C@H]2CC[C@H](C)CC2)c(Br)c1. The molecule has 0 amide bonds. The van der Waals surface area contributed by atoms with Gasteiger partial charge >= 0.3 is 0 Å². The maximum Gasteiger partial charge on any atom is 0.0697 e. The second kappa shape index (κ2) is 5.83. The van der Waals surface area contributed by atoms with Crippen molar-refractivity contribution in [3.8, 4) is 0 Å². The lowest BCUT2D eigenvalue weighted by Gasteiger charge is -2.28. The highest BCUT2D eigenvalue weighted by molar-refractivity contribution is 9.10. The van der Waals surface area contributed by atoms with Gasteiger partial charge in [0.1, 0.15) is 0 Å². The Kier molecular flexibility index (Phi) is 4.56. The van der Waals surface area contributed by atoms with Gasteiger partial charge in [0, 0.05) is 27.4 Å². The fourth-order valence-electron chi connectivity index (χ4n) is 2.48. The Balaban J connectivity index is 2.09. The molecule has 0 saturated heterocycles. The van der Waals surface area contributed by atoms with Crippen molar-refractivity contribution in [3.63, 3.8) is 0 Å². The molecule has 2 rings (SSSR count). The van der Waals surface area contributed by atoms with Crippen molar-refractivity contribution in [2.24, 2.45) is 5.92 Å². The molecule has 1 aromatic rings. The molecule has 19 heavy (non-hydrogen) atoms. The van der Waals surface area contributed by atoms with Gasteiger partial charge in [0.2, 0.25) is 0 Å². The predicted molar refractivity (Wildman–Crippen MR) is 84.2 cm³/mol. The molecule has 106 valence electrons. The van der Waals surface area contributed by atoms with Gasteiger partial charge in [-0.25, -0.2) is 8.99 Å². The molecule has 3 nitrogen and oxygen atoms in total. The van der Waals surface area contributed by atoms with E-state index in [0.29, 0.717) is 10.9 Å². The van der Waals surface area contributed by atoms with Gasteiger partial charge in [0.05, 0.1) is 9.73 Å². The third-order valence-electron chi connectivity index (χ3n) is 3.77. The number of hydrogen-bond acceptors (Lipinski definition) is 3. The summed E-state index contributed by atoms with van der Waals surface area (Å²) < 4.78 is 20.2. The molecule has 1 saturated carbocycles. The highest BCUT2D eigenvalue weighted by atomic mass is 79.9. The van der Waals surface area contributed by atoms with Gasteiger partial charge in [-0.05, 0) is 65.7 Å². The summed E-state index contributed by atoms with van der Waals surface area (Å²) in [4.78, 5) is 0.571. The smallest absolute Gasteiger partial charge is 0.0697 e. The zero-order valence-electron chi connectivity index (χ0n) is 11.4. The third-order valence-corrected chi connectivity index (χ3v) is 5.58. The number of rotatable bonds is 3. The number of hydrogen-bond donors (Lipinski definition) is 2. The summed E-state index contributed by atoms with van der Waals surface area (Å²) in [6.45, 7) is 2.31. The van der Waals surface area contributed by atoms with Crippen LogP contribution in [0.15, 0.2) is 27.6 Å². The molecule has 0 aliphatic heterocycles. The van der Waals surface area contributed by atoms with Crippen LogP contribution in [0.1, 0.15) is 32.6 Å². The molecule has 0 heterocycles. The van der Waals surface area contributed by atoms with Gasteiger partial charge < -0.3 is 5.32 Å². The highest BCUT2D eigenvalue weighted by Crippen LogP contribution is 2.30. The van der Waals surface area contributed by atoms with Crippen molar-refractivity contribution in [1.29, 1.82) is 4.78 Å². The van der Waals surface area contributed by atoms with Crippen LogP contribution in [-0.2, 0) is 9.73 Å². The fraction of sp³-hybridized carbons (Fsp3) is 0.571. The highest BCUT2D eigenvalue weighted by Gasteiger charge is 2.18. The molecule has 1 unspecified atom stereocenters. The Labute approximate surface area is 124 Å². The number of benzene rings is 1. The topological polar surface area (TPSA) is 53.0 Å². The van der Waals surface area contributed by atoms with Gasteiger partial charge in [-0.2, -0.15) is 0 Å². The van der Waals surface area contributed by atoms with Gasteiger partial charge in [-0.3, -0.25) is 0 Å². The summed E-state index contributed by atoms with van der Waals surface area (Å²) in [7, 11) is -2.64.